The van der Waals surface area contributed by atoms with E-state index < -0.39 is 38.3 Å². The molecule has 1 aliphatic heterocycles. The highest BCUT2D eigenvalue weighted by Gasteiger charge is 2.58. The number of azide groups is 1. The molecule has 4 N–H and O–H groups in total. The van der Waals surface area contributed by atoms with Crippen LogP contribution in [-0.2, 0) is 13.8 Å². The van der Waals surface area contributed by atoms with Gasteiger partial charge in [-0.25, -0.2) is 14.6 Å². The second kappa shape index (κ2) is 10.4. The number of anilines is 1. The fourth-order valence-corrected chi connectivity index (χ4v) is 6.49. The van der Waals surface area contributed by atoms with Gasteiger partial charge in [-0.2, -0.15) is 9.97 Å². The first-order chi connectivity index (χ1) is 18.3. The second-order valence-electron chi connectivity index (χ2n) is 9.22. The Bertz CT molecular complexity index is 1400. The van der Waals surface area contributed by atoms with E-state index in [0.29, 0.717) is 11.3 Å². The lowest BCUT2D eigenvalue weighted by atomic mass is 9.93. The number of hydrogen-bond donors (Lipinski definition) is 3. The number of nitrogens with one attached hydrogen (secondary N) is 1. The van der Waals surface area contributed by atoms with Crippen molar-refractivity contribution >= 4 is 24.9 Å². The number of nitrogens with two attached hydrogens (primary N) is 1. The second-order valence-corrected chi connectivity index (χ2v) is 10.9. The molecular weight excluding hydrogens is 517 g/mol. The largest absolute Gasteiger partial charge is 0.479 e. The van der Waals surface area contributed by atoms with Gasteiger partial charge in [0, 0.05) is 11.0 Å². The fraction of sp³-hybridized carbons (Fsp3) is 0.500. The highest BCUT2D eigenvalue weighted by atomic mass is 31.2. The third-order valence-electron chi connectivity index (χ3n) is 6.68. The number of aromatic nitrogens is 4. The summed E-state index contributed by atoms with van der Waals surface area (Å²) in [6.07, 6.45) is 0.653. The number of methoxy groups -OCH3 is 1. The van der Waals surface area contributed by atoms with E-state index in [1.165, 1.54) is 18.0 Å². The van der Waals surface area contributed by atoms with Crippen molar-refractivity contribution in [2.45, 2.75) is 56.2 Å². The molecule has 0 radical (unpaired) electrons. The molecule has 0 amide bonds. The first-order valence-electron chi connectivity index (χ1n) is 12.0. The maximum Gasteiger partial charge on any atom is 0.459 e. The lowest BCUT2D eigenvalue weighted by Crippen LogP contribution is -2.46. The average molecular weight is 545 g/mol. The van der Waals surface area contributed by atoms with Gasteiger partial charge in [-0.15, -0.1) is 0 Å². The topological polar surface area (TPSA) is 205 Å². The molecule has 2 fully saturated rings. The molecule has 0 spiro atoms. The van der Waals surface area contributed by atoms with Gasteiger partial charge in [-0.05, 0) is 37.4 Å². The number of nitrogen functional groups attached to an aromatic ring is 1. The molecule has 15 nitrogen and oxygen atoms in total. The smallest absolute Gasteiger partial charge is 0.459 e. The Morgan fingerprint density at radius 3 is 2.76 bits per heavy atom. The van der Waals surface area contributed by atoms with E-state index in [0.717, 1.165) is 19.3 Å². The first-order valence-corrected chi connectivity index (χ1v) is 13.5. The normalized spacial score (nSPS) is 26.9. The van der Waals surface area contributed by atoms with Crippen LogP contribution in [0.5, 0.6) is 11.6 Å². The fourth-order valence-electron chi connectivity index (χ4n) is 4.58. The molecule has 202 valence electrons. The Hall–Kier alpha value is -3.45. The highest BCUT2D eigenvalue weighted by Crippen LogP contribution is 2.54. The van der Waals surface area contributed by atoms with Crippen LogP contribution in [0.25, 0.3) is 21.6 Å². The van der Waals surface area contributed by atoms with E-state index in [2.05, 4.69) is 30.1 Å². The SMILES string of the molecule is COc1nc(N)nc2c1ncn2[C@@H]1O[C@H](CO)[C@@H](OP(=O)(NC2CCC2)Oc2ccccc2)[C@@]1(C)N=[N+]=[N-]. The summed E-state index contributed by atoms with van der Waals surface area (Å²) in [7, 11) is -2.63. The predicted octanol–water partition coefficient (Wildman–Crippen LogP) is 3.09. The van der Waals surface area contributed by atoms with E-state index in [1.54, 1.807) is 37.3 Å². The van der Waals surface area contributed by atoms with Crippen molar-refractivity contribution in [3.8, 4) is 11.6 Å². The zero-order chi connectivity index (χ0) is 26.9. The van der Waals surface area contributed by atoms with Gasteiger partial charge >= 0.3 is 7.75 Å². The maximum atomic E-state index is 14.1. The summed E-state index contributed by atoms with van der Waals surface area (Å²) in [6.45, 7) is 1.04. The summed E-state index contributed by atoms with van der Waals surface area (Å²) in [5, 5.41) is 17.2. The van der Waals surface area contributed by atoms with Gasteiger partial charge in [0.1, 0.15) is 23.5 Å². The van der Waals surface area contributed by atoms with E-state index in [9.17, 15) is 15.2 Å². The van der Waals surface area contributed by atoms with E-state index >= 15 is 0 Å². The molecule has 1 unspecified atom stereocenters. The molecule has 2 aliphatic rings. The van der Waals surface area contributed by atoms with E-state index in [4.69, 9.17) is 24.3 Å². The molecular formula is C22H28N9O6P. The third kappa shape index (κ3) is 4.75. The first kappa shape index (κ1) is 26.2. The number of benzene rings is 1. The number of aliphatic hydroxyl groups is 1. The predicted molar refractivity (Wildman–Crippen MR) is 135 cm³/mol. The Kier molecular flexibility index (Phi) is 7.14. The van der Waals surface area contributed by atoms with Gasteiger partial charge < -0.3 is 24.8 Å². The van der Waals surface area contributed by atoms with Crippen molar-refractivity contribution in [3.63, 3.8) is 0 Å². The number of fused-ring (bicyclic) bond motifs is 1. The van der Waals surface area contributed by atoms with Crippen molar-refractivity contribution in [1.82, 2.24) is 24.6 Å². The van der Waals surface area contributed by atoms with Crippen molar-refractivity contribution in [2.75, 3.05) is 19.5 Å². The number of rotatable bonds is 10. The molecule has 38 heavy (non-hydrogen) atoms. The van der Waals surface area contributed by atoms with Gasteiger partial charge in [0.15, 0.2) is 17.4 Å². The minimum Gasteiger partial charge on any atom is -0.479 e. The molecule has 3 aromatic rings. The number of para-hydroxylation sites is 1. The highest BCUT2D eigenvalue weighted by molar-refractivity contribution is 7.52. The lowest BCUT2D eigenvalue weighted by Gasteiger charge is -2.35. The van der Waals surface area contributed by atoms with Crippen molar-refractivity contribution < 1.29 is 28.2 Å². The lowest BCUT2D eigenvalue weighted by molar-refractivity contribution is -0.0437. The summed E-state index contributed by atoms with van der Waals surface area (Å²) in [4.78, 5) is 15.6. The molecule has 16 heteroatoms. The molecule has 2 aromatic heterocycles. The molecule has 5 rings (SSSR count). The summed E-state index contributed by atoms with van der Waals surface area (Å²) in [5.74, 6) is 0.396. The molecule has 3 heterocycles. The zero-order valence-corrected chi connectivity index (χ0v) is 21.6. The van der Waals surface area contributed by atoms with Crippen LogP contribution in [0.2, 0.25) is 0 Å². The van der Waals surface area contributed by atoms with Crippen molar-refractivity contribution in [3.05, 3.63) is 47.1 Å². The zero-order valence-electron chi connectivity index (χ0n) is 20.7. The number of aliphatic hydroxyl groups excluding tert-OH is 1. The van der Waals surface area contributed by atoms with Crippen molar-refractivity contribution in [2.24, 2.45) is 5.11 Å². The maximum absolute atomic E-state index is 14.1. The summed E-state index contributed by atoms with van der Waals surface area (Å²) in [6, 6.07) is 8.50. The van der Waals surface area contributed by atoms with Crippen LogP contribution in [-0.4, -0.2) is 62.1 Å². The minimum absolute atomic E-state index is 0.0726. The van der Waals surface area contributed by atoms with Gasteiger partial charge in [-0.1, -0.05) is 29.7 Å². The molecule has 1 aliphatic carbocycles. The Morgan fingerprint density at radius 1 is 1.37 bits per heavy atom. The van der Waals surface area contributed by atoms with Crippen LogP contribution in [0.15, 0.2) is 41.8 Å². The van der Waals surface area contributed by atoms with Crippen LogP contribution in [0.1, 0.15) is 32.4 Å². The molecule has 1 saturated carbocycles. The number of ether oxygens (including phenoxy) is 2. The third-order valence-corrected chi connectivity index (χ3v) is 8.31. The number of nitrogens with zero attached hydrogens (tertiary/aromatic N) is 7. The van der Waals surface area contributed by atoms with Gasteiger partial charge in [0.2, 0.25) is 11.8 Å². The molecule has 1 saturated heterocycles. The Morgan fingerprint density at radius 2 is 2.13 bits per heavy atom. The monoisotopic (exact) mass is 545 g/mol. The van der Waals surface area contributed by atoms with Crippen molar-refractivity contribution in [1.29, 1.82) is 0 Å². The van der Waals surface area contributed by atoms with E-state index in [-0.39, 0.29) is 23.5 Å². The number of imidazole rings is 1. The van der Waals surface area contributed by atoms with Crippen LogP contribution in [0, 0.1) is 0 Å². The number of hydrogen-bond acceptors (Lipinski definition) is 11. The summed E-state index contributed by atoms with van der Waals surface area (Å²) in [5.41, 5.74) is 14.4. The Labute approximate surface area is 217 Å². The van der Waals surface area contributed by atoms with Gasteiger partial charge in [-0.3, -0.25) is 9.09 Å². The summed E-state index contributed by atoms with van der Waals surface area (Å²) < 4.78 is 39.0. The van der Waals surface area contributed by atoms with Crippen LogP contribution < -0.4 is 20.1 Å². The standard InChI is InChI=1S/C22H28N9O6P/c1-22(29-30-24)17(37-38(33,28-13-7-6-8-13)36-14-9-4-3-5-10-14)15(11-32)35-20(22)31-12-25-16-18(31)26-21(23)27-19(16)34-2/h3-5,9-10,12-13,15,17,20,32H,6-8,11H2,1-2H3,(H,28,33)(H2,23,26,27)/t15-,17-,20-,22-,38?/m1/s1. The van der Waals surface area contributed by atoms with E-state index in [1.807, 2.05) is 0 Å². The Balaban J connectivity index is 1.55. The van der Waals surface area contributed by atoms with Crippen LogP contribution >= 0.6 is 7.75 Å². The van der Waals surface area contributed by atoms with Gasteiger partial charge in [0.25, 0.3) is 0 Å². The quantitative estimate of drug-likeness (QED) is 0.146. The average Bonchev–Trinajstić information content (AvgIpc) is 3.40. The molecule has 1 aromatic carbocycles. The molecule has 5 atom stereocenters. The van der Waals surface area contributed by atoms with Crippen LogP contribution in [0.4, 0.5) is 5.95 Å². The molecule has 0 bridgehead atoms. The van der Waals surface area contributed by atoms with Gasteiger partial charge in [0.05, 0.1) is 20.0 Å². The minimum atomic E-state index is -4.05. The van der Waals surface area contributed by atoms with Crippen LogP contribution in [0.3, 0.4) is 0 Å². The summed E-state index contributed by atoms with van der Waals surface area (Å²) >= 11 is 0.